The Bertz CT molecular complexity index is 1480. The van der Waals surface area contributed by atoms with Gasteiger partial charge in [0.2, 0.25) is 5.75 Å². The van der Waals surface area contributed by atoms with E-state index in [9.17, 15) is 9.59 Å². The number of hydrogen-bond acceptors (Lipinski definition) is 8. The van der Waals surface area contributed by atoms with Crippen molar-refractivity contribution in [3.63, 3.8) is 0 Å². The molecule has 182 valence electrons. The monoisotopic (exact) mass is 514 g/mol. The number of hydrogen-bond donors (Lipinski definition) is 0. The van der Waals surface area contributed by atoms with Gasteiger partial charge >= 0.3 is 5.97 Å². The van der Waals surface area contributed by atoms with E-state index in [1.807, 2.05) is 12.1 Å². The minimum atomic E-state index is -0.820. The van der Waals surface area contributed by atoms with Crippen LogP contribution in [0.15, 0.2) is 57.5 Å². The van der Waals surface area contributed by atoms with Crippen LogP contribution < -0.4 is 29.1 Å². The van der Waals surface area contributed by atoms with Gasteiger partial charge in [-0.3, -0.25) is 9.36 Å². The fourth-order valence-corrected chi connectivity index (χ4v) is 5.15. The highest BCUT2D eigenvalue weighted by Gasteiger charge is 2.34. The van der Waals surface area contributed by atoms with Crippen LogP contribution >= 0.6 is 22.9 Å². The van der Waals surface area contributed by atoms with Gasteiger partial charge in [0.05, 0.1) is 50.3 Å². The molecule has 0 bridgehead atoms. The number of allylic oxidation sites excluding steroid dienone is 1. The lowest BCUT2D eigenvalue weighted by Crippen LogP contribution is -2.39. The van der Waals surface area contributed by atoms with Gasteiger partial charge in [0.1, 0.15) is 0 Å². The van der Waals surface area contributed by atoms with Crippen molar-refractivity contribution in [1.29, 1.82) is 0 Å². The molecule has 2 heterocycles. The van der Waals surface area contributed by atoms with E-state index in [0.717, 1.165) is 5.56 Å². The molecule has 1 unspecified atom stereocenters. The molecule has 1 aromatic heterocycles. The molecule has 0 saturated heterocycles. The van der Waals surface area contributed by atoms with Crippen LogP contribution in [-0.2, 0) is 9.53 Å². The van der Waals surface area contributed by atoms with Crippen molar-refractivity contribution >= 4 is 35.0 Å². The number of fused-ring (bicyclic) bond motifs is 1. The van der Waals surface area contributed by atoms with Gasteiger partial charge in [0, 0.05) is 5.02 Å². The van der Waals surface area contributed by atoms with E-state index >= 15 is 0 Å². The Morgan fingerprint density at radius 3 is 2.23 bits per heavy atom. The zero-order valence-corrected chi connectivity index (χ0v) is 21.3. The van der Waals surface area contributed by atoms with Crippen LogP contribution in [-0.4, -0.2) is 39.0 Å². The molecule has 0 radical (unpaired) electrons. The molecule has 1 atom stereocenters. The minimum Gasteiger partial charge on any atom is -0.493 e. The SMILES string of the molecule is COC(=O)C1=C(C)N=c2sc(=Cc3ccc(Cl)cc3)c(=O)n2C1c1cc(OC)c(OC)c(OC)c1. The smallest absolute Gasteiger partial charge is 0.338 e. The molecule has 0 N–H and O–H groups in total. The maximum absolute atomic E-state index is 13.7. The number of methoxy groups -OCH3 is 4. The Balaban J connectivity index is 2.01. The lowest BCUT2D eigenvalue weighted by Gasteiger charge is -2.25. The van der Waals surface area contributed by atoms with Crippen LogP contribution in [0.25, 0.3) is 6.08 Å². The molecule has 8 nitrogen and oxygen atoms in total. The van der Waals surface area contributed by atoms with E-state index in [-0.39, 0.29) is 11.1 Å². The number of rotatable bonds is 6. The van der Waals surface area contributed by atoms with Gasteiger partial charge in [-0.15, -0.1) is 0 Å². The molecule has 0 amide bonds. The van der Waals surface area contributed by atoms with E-state index in [2.05, 4.69) is 4.99 Å². The number of aromatic nitrogens is 1. The van der Waals surface area contributed by atoms with Crippen molar-refractivity contribution < 1.29 is 23.7 Å². The van der Waals surface area contributed by atoms with Gasteiger partial charge in [-0.05, 0) is 48.4 Å². The third-order valence-electron chi connectivity index (χ3n) is 5.60. The zero-order valence-electron chi connectivity index (χ0n) is 19.7. The Morgan fingerprint density at radius 1 is 1.06 bits per heavy atom. The normalized spacial score (nSPS) is 15.4. The first-order valence-corrected chi connectivity index (χ1v) is 11.7. The summed E-state index contributed by atoms with van der Waals surface area (Å²) in [6.45, 7) is 1.72. The molecule has 0 aliphatic carbocycles. The highest BCUT2D eigenvalue weighted by atomic mass is 35.5. The second kappa shape index (κ2) is 9.97. The van der Waals surface area contributed by atoms with Gasteiger partial charge < -0.3 is 18.9 Å². The van der Waals surface area contributed by atoms with Crippen molar-refractivity contribution in [1.82, 2.24) is 4.57 Å². The summed E-state index contributed by atoms with van der Waals surface area (Å²) in [4.78, 5) is 31.6. The standard InChI is InChI=1S/C25H23ClN2O6S/c1-13-20(24(30)34-5)21(15-11-17(31-2)22(33-4)18(12-15)32-3)28-23(29)19(35-25(28)27-13)10-14-6-8-16(26)9-7-14/h6-12,21H,1-5H3. The second-order valence-corrected chi connectivity index (χ2v) is 9.03. The van der Waals surface area contributed by atoms with Crippen LogP contribution in [0.5, 0.6) is 17.2 Å². The molecule has 10 heteroatoms. The Hall–Kier alpha value is -3.56. The summed E-state index contributed by atoms with van der Waals surface area (Å²) >= 11 is 7.22. The van der Waals surface area contributed by atoms with E-state index in [1.165, 1.54) is 44.3 Å². The average molecular weight is 515 g/mol. The lowest BCUT2D eigenvalue weighted by molar-refractivity contribution is -0.136. The van der Waals surface area contributed by atoms with Gasteiger partial charge in [-0.25, -0.2) is 9.79 Å². The van der Waals surface area contributed by atoms with Gasteiger partial charge in [0.15, 0.2) is 16.3 Å². The van der Waals surface area contributed by atoms with Crippen LogP contribution in [0.4, 0.5) is 0 Å². The summed E-state index contributed by atoms with van der Waals surface area (Å²) in [7, 11) is 5.80. The van der Waals surface area contributed by atoms with Crippen molar-refractivity contribution in [3.05, 3.63) is 83.5 Å². The Labute approximate surface area is 210 Å². The molecule has 3 aromatic rings. The summed E-state index contributed by atoms with van der Waals surface area (Å²) in [6, 6.07) is 9.75. The number of halogens is 1. The molecule has 0 fully saturated rings. The molecule has 4 rings (SSSR count). The predicted molar refractivity (Wildman–Crippen MR) is 133 cm³/mol. The quantitative estimate of drug-likeness (QED) is 0.470. The van der Waals surface area contributed by atoms with Crippen molar-refractivity contribution in [2.45, 2.75) is 13.0 Å². The number of carbonyl (C=O) groups is 1. The predicted octanol–water partition coefficient (Wildman–Crippen LogP) is 3.09. The molecule has 1 aliphatic heterocycles. The topological polar surface area (TPSA) is 88.4 Å². The summed E-state index contributed by atoms with van der Waals surface area (Å²) in [6.07, 6.45) is 1.77. The summed E-state index contributed by atoms with van der Waals surface area (Å²) in [5.41, 5.74) is 1.79. The van der Waals surface area contributed by atoms with Crippen molar-refractivity contribution in [2.75, 3.05) is 28.4 Å². The zero-order chi connectivity index (χ0) is 25.3. The lowest BCUT2D eigenvalue weighted by atomic mass is 9.95. The molecular weight excluding hydrogens is 492 g/mol. The third kappa shape index (κ3) is 4.44. The Morgan fingerprint density at radius 2 is 1.69 bits per heavy atom. The number of benzene rings is 2. The highest BCUT2D eigenvalue weighted by molar-refractivity contribution is 7.07. The average Bonchev–Trinajstić information content (AvgIpc) is 3.17. The fraction of sp³-hybridized carbons (Fsp3) is 0.240. The molecular formula is C25H23ClN2O6S. The van der Waals surface area contributed by atoms with Crippen molar-refractivity contribution in [2.24, 2.45) is 4.99 Å². The first kappa shape index (κ1) is 24.6. The molecule has 1 aliphatic rings. The van der Waals surface area contributed by atoms with Crippen LogP contribution in [0, 0.1) is 0 Å². The summed E-state index contributed by atoms with van der Waals surface area (Å²) in [5.74, 6) is 0.596. The van der Waals surface area contributed by atoms with Crippen LogP contribution in [0.1, 0.15) is 24.1 Å². The molecule has 0 spiro atoms. The summed E-state index contributed by atoms with van der Waals surface area (Å²) in [5, 5.41) is 0.601. The van der Waals surface area contributed by atoms with Crippen LogP contribution in [0.2, 0.25) is 5.02 Å². The van der Waals surface area contributed by atoms with E-state index in [0.29, 0.717) is 42.9 Å². The highest BCUT2D eigenvalue weighted by Crippen LogP contribution is 2.42. The summed E-state index contributed by atoms with van der Waals surface area (Å²) < 4.78 is 23.5. The fourth-order valence-electron chi connectivity index (χ4n) is 3.98. The maximum atomic E-state index is 13.7. The number of ether oxygens (including phenoxy) is 4. The maximum Gasteiger partial charge on any atom is 0.338 e. The molecule has 2 aromatic carbocycles. The third-order valence-corrected chi connectivity index (χ3v) is 6.83. The second-order valence-electron chi connectivity index (χ2n) is 7.58. The van der Waals surface area contributed by atoms with Gasteiger partial charge in [0.25, 0.3) is 5.56 Å². The van der Waals surface area contributed by atoms with E-state index in [1.54, 1.807) is 37.3 Å². The minimum absolute atomic E-state index is 0.243. The Kier molecular flexibility index (Phi) is 7.00. The molecule has 35 heavy (non-hydrogen) atoms. The molecule has 0 saturated carbocycles. The van der Waals surface area contributed by atoms with E-state index < -0.39 is 12.0 Å². The first-order valence-electron chi connectivity index (χ1n) is 10.5. The van der Waals surface area contributed by atoms with E-state index in [4.69, 9.17) is 30.5 Å². The van der Waals surface area contributed by atoms with Crippen molar-refractivity contribution in [3.8, 4) is 17.2 Å². The van der Waals surface area contributed by atoms with Gasteiger partial charge in [-0.1, -0.05) is 35.1 Å². The largest absolute Gasteiger partial charge is 0.493 e. The number of carbonyl (C=O) groups excluding carboxylic acids is 1. The number of thiazole rings is 1. The number of nitrogens with zero attached hydrogens (tertiary/aromatic N) is 2. The van der Waals surface area contributed by atoms with Crippen LogP contribution in [0.3, 0.4) is 0 Å². The first-order chi connectivity index (χ1) is 16.8. The van der Waals surface area contributed by atoms with Gasteiger partial charge in [-0.2, -0.15) is 0 Å². The number of esters is 1.